The van der Waals surface area contributed by atoms with E-state index in [-0.39, 0.29) is 53.8 Å². The molecule has 6 nitrogen and oxygen atoms in total. The van der Waals surface area contributed by atoms with Crippen molar-refractivity contribution in [2.24, 2.45) is 4.99 Å². The van der Waals surface area contributed by atoms with Gasteiger partial charge in [0, 0.05) is 12.1 Å². The van der Waals surface area contributed by atoms with Gasteiger partial charge in [-0.25, -0.2) is 9.38 Å². The molecule has 0 fully saturated rings. The normalized spacial score (nSPS) is 12.6. The first-order chi connectivity index (χ1) is 11.7. The van der Waals surface area contributed by atoms with Crippen molar-refractivity contribution in [1.29, 1.82) is 0 Å². The second-order valence-electron chi connectivity index (χ2n) is 6.73. The van der Waals surface area contributed by atoms with Crippen LogP contribution in [0, 0.1) is 5.82 Å². The smallest absolute Gasteiger partial charge is 0.242 e. The number of guanidine groups is 1. The first-order valence-corrected chi connectivity index (χ1v) is 8.45. The molecule has 0 spiro atoms. The minimum atomic E-state index is -0.395. The monoisotopic (exact) mass is 480 g/mol. The lowest BCUT2D eigenvalue weighted by Crippen LogP contribution is -2.44. The number of aliphatic imine (C=N–C) groups is 1. The van der Waals surface area contributed by atoms with Crippen molar-refractivity contribution >= 4 is 35.8 Å². The lowest BCUT2D eigenvalue weighted by Gasteiger charge is -2.20. The van der Waals surface area contributed by atoms with Gasteiger partial charge in [-0.3, -0.25) is 4.79 Å². The summed E-state index contributed by atoms with van der Waals surface area (Å²) in [5.41, 5.74) is -0.291. The molecule has 3 N–H and O–H groups in total. The lowest BCUT2D eigenvalue weighted by molar-refractivity contribution is -0.121. The molecule has 1 unspecified atom stereocenters. The Labute approximate surface area is 172 Å². The highest BCUT2D eigenvalue weighted by molar-refractivity contribution is 14.0. The number of hydrogen-bond donors (Lipinski definition) is 3. The molecule has 0 bridgehead atoms. The van der Waals surface area contributed by atoms with Crippen LogP contribution in [0.4, 0.5) is 4.39 Å². The molecule has 0 heterocycles. The number of para-hydroxylation sites is 1. The topological polar surface area (TPSA) is 74.8 Å². The lowest BCUT2D eigenvalue weighted by atomic mass is 10.1. The van der Waals surface area contributed by atoms with Gasteiger partial charge in [0.15, 0.2) is 17.5 Å². The number of nitrogens with one attached hydrogen (secondary N) is 3. The zero-order chi connectivity index (χ0) is 18.9. The number of nitrogens with zero attached hydrogens (tertiary/aromatic N) is 1. The molecule has 1 amide bonds. The number of carbonyl (C=O) groups is 1. The van der Waals surface area contributed by atoms with Crippen LogP contribution in [0.1, 0.15) is 34.6 Å². The van der Waals surface area contributed by atoms with E-state index in [4.69, 9.17) is 4.74 Å². The minimum Gasteiger partial charge on any atom is -0.486 e. The van der Waals surface area contributed by atoms with Crippen molar-refractivity contribution in [3.8, 4) is 5.75 Å². The van der Waals surface area contributed by atoms with Gasteiger partial charge < -0.3 is 20.7 Å². The van der Waals surface area contributed by atoms with Crippen LogP contribution >= 0.6 is 24.0 Å². The molecule has 8 heteroatoms. The van der Waals surface area contributed by atoms with Crippen LogP contribution in [-0.2, 0) is 4.79 Å². The average molecular weight is 480 g/mol. The van der Waals surface area contributed by atoms with Crippen molar-refractivity contribution in [2.45, 2.75) is 46.3 Å². The van der Waals surface area contributed by atoms with E-state index < -0.39 is 5.82 Å². The highest BCUT2D eigenvalue weighted by Crippen LogP contribution is 2.16. The zero-order valence-electron chi connectivity index (χ0n) is 16.1. The summed E-state index contributed by atoms with van der Waals surface area (Å²) < 4.78 is 19.2. The van der Waals surface area contributed by atoms with E-state index in [2.05, 4.69) is 20.9 Å². The van der Waals surface area contributed by atoms with Crippen LogP contribution in [0.2, 0.25) is 0 Å². The maximum Gasteiger partial charge on any atom is 0.242 e. The number of amides is 1. The van der Waals surface area contributed by atoms with Crippen molar-refractivity contribution in [3.63, 3.8) is 0 Å². The van der Waals surface area contributed by atoms with Gasteiger partial charge in [-0.05, 0) is 46.8 Å². The molecule has 1 aromatic carbocycles. The number of hydrogen-bond acceptors (Lipinski definition) is 3. The molecule has 0 aliphatic heterocycles. The van der Waals surface area contributed by atoms with E-state index in [0.717, 1.165) is 0 Å². The summed E-state index contributed by atoms with van der Waals surface area (Å²) >= 11 is 0. The summed E-state index contributed by atoms with van der Waals surface area (Å²) in [7, 11) is 0. The molecular weight excluding hydrogens is 450 g/mol. The molecular formula is C18H30FIN4O2. The van der Waals surface area contributed by atoms with Crippen LogP contribution in [0.15, 0.2) is 29.3 Å². The van der Waals surface area contributed by atoms with Gasteiger partial charge in [0.2, 0.25) is 5.91 Å². The molecule has 1 atom stereocenters. The van der Waals surface area contributed by atoms with Gasteiger partial charge in [0.25, 0.3) is 0 Å². The number of ether oxygens (including phenoxy) is 1. The van der Waals surface area contributed by atoms with Gasteiger partial charge in [-0.2, -0.15) is 0 Å². The van der Waals surface area contributed by atoms with E-state index in [1.807, 2.05) is 34.6 Å². The standard InChI is InChI=1S/C18H29FN4O2.HI/c1-6-20-17(22-12-16(24)23-18(3,4)5)21-11-13(2)25-15-10-8-7-9-14(15)19;/h7-10,13H,6,11-12H2,1-5H3,(H,23,24)(H2,20,21,22);1H. The van der Waals surface area contributed by atoms with Crippen LogP contribution < -0.4 is 20.7 Å². The predicted octanol–water partition coefficient (Wildman–Crippen LogP) is 2.68. The molecule has 0 saturated heterocycles. The molecule has 148 valence electrons. The van der Waals surface area contributed by atoms with Gasteiger partial charge >= 0.3 is 0 Å². The highest BCUT2D eigenvalue weighted by atomic mass is 127. The summed E-state index contributed by atoms with van der Waals surface area (Å²) in [6, 6.07) is 6.28. The molecule has 0 radical (unpaired) electrons. The fourth-order valence-electron chi connectivity index (χ4n) is 1.99. The van der Waals surface area contributed by atoms with Crippen molar-refractivity contribution in [3.05, 3.63) is 30.1 Å². The molecule has 1 aromatic rings. The quantitative estimate of drug-likeness (QED) is 0.319. The molecule has 26 heavy (non-hydrogen) atoms. The summed E-state index contributed by atoms with van der Waals surface area (Å²) in [6.45, 7) is 10.6. The largest absolute Gasteiger partial charge is 0.486 e. The van der Waals surface area contributed by atoms with Crippen LogP contribution in [-0.4, -0.2) is 43.1 Å². The van der Waals surface area contributed by atoms with E-state index in [1.54, 1.807) is 18.2 Å². The molecule has 0 saturated carbocycles. The third-order valence-corrected chi connectivity index (χ3v) is 2.96. The van der Waals surface area contributed by atoms with Crippen LogP contribution in [0.25, 0.3) is 0 Å². The summed E-state index contributed by atoms with van der Waals surface area (Å²) in [5.74, 6) is 0.174. The minimum absolute atomic E-state index is 0. The summed E-state index contributed by atoms with van der Waals surface area (Å²) in [5, 5.41) is 9.00. The first kappa shape index (κ1) is 24.4. The second-order valence-corrected chi connectivity index (χ2v) is 6.73. The van der Waals surface area contributed by atoms with Gasteiger partial charge in [-0.1, -0.05) is 12.1 Å². The Morgan fingerprint density at radius 2 is 1.92 bits per heavy atom. The molecule has 0 aliphatic carbocycles. The van der Waals surface area contributed by atoms with E-state index in [9.17, 15) is 9.18 Å². The number of rotatable bonds is 7. The maximum absolute atomic E-state index is 13.6. The molecule has 0 aromatic heterocycles. The number of benzene rings is 1. The van der Waals surface area contributed by atoms with Crippen molar-refractivity contribution in [1.82, 2.24) is 16.0 Å². The fourth-order valence-corrected chi connectivity index (χ4v) is 1.99. The number of halogens is 2. The SMILES string of the molecule is CCNC(=NCC(=O)NC(C)(C)C)NCC(C)Oc1ccccc1F.I. The first-order valence-electron chi connectivity index (χ1n) is 8.45. The van der Waals surface area contributed by atoms with Gasteiger partial charge in [0.1, 0.15) is 12.6 Å². The van der Waals surface area contributed by atoms with Gasteiger partial charge in [0.05, 0.1) is 6.54 Å². The number of carbonyl (C=O) groups excluding carboxylic acids is 1. The summed E-state index contributed by atoms with van der Waals surface area (Å²) in [4.78, 5) is 16.1. The molecule has 0 aliphatic rings. The zero-order valence-corrected chi connectivity index (χ0v) is 18.4. The van der Waals surface area contributed by atoms with Crippen molar-refractivity contribution < 1.29 is 13.9 Å². The Morgan fingerprint density at radius 1 is 1.27 bits per heavy atom. The average Bonchev–Trinajstić information content (AvgIpc) is 2.50. The Bertz CT molecular complexity index is 591. The fraction of sp³-hybridized carbons (Fsp3) is 0.556. The third kappa shape index (κ3) is 10.4. The highest BCUT2D eigenvalue weighted by Gasteiger charge is 2.13. The van der Waals surface area contributed by atoms with Crippen LogP contribution in [0.5, 0.6) is 5.75 Å². The third-order valence-electron chi connectivity index (χ3n) is 2.96. The van der Waals surface area contributed by atoms with Gasteiger partial charge in [-0.15, -0.1) is 24.0 Å². The maximum atomic E-state index is 13.6. The van der Waals surface area contributed by atoms with Crippen molar-refractivity contribution in [2.75, 3.05) is 19.6 Å². The Kier molecular flexibility index (Phi) is 11.2. The van der Waals surface area contributed by atoms with E-state index in [0.29, 0.717) is 19.0 Å². The van der Waals surface area contributed by atoms with E-state index >= 15 is 0 Å². The summed E-state index contributed by atoms with van der Waals surface area (Å²) in [6.07, 6.45) is -0.274. The second kappa shape index (κ2) is 11.9. The predicted molar refractivity (Wildman–Crippen MR) is 114 cm³/mol. The van der Waals surface area contributed by atoms with E-state index in [1.165, 1.54) is 6.07 Å². The molecule has 1 rings (SSSR count). The Balaban J connectivity index is 0.00000625. The van der Waals surface area contributed by atoms with Crippen LogP contribution in [0.3, 0.4) is 0 Å². The Hall–Kier alpha value is -1.58. The Morgan fingerprint density at radius 3 is 2.50 bits per heavy atom.